The summed E-state index contributed by atoms with van der Waals surface area (Å²) in [5.41, 5.74) is -0.0308. The Morgan fingerprint density at radius 1 is 1.50 bits per heavy atom. The second kappa shape index (κ2) is 6.69. The molecular weight excluding hydrogens is 313 g/mol. The van der Waals surface area contributed by atoms with Gasteiger partial charge in [-0.1, -0.05) is 23.2 Å². The molecule has 1 aromatic rings. The van der Waals surface area contributed by atoms with Gasteiger partial charge in [0.1, 0.15) is 6.04 Å². The first-order chi connectivity index (χ1) is 9.29. The van der Waals surface area contributed by atoms with E-state index in [1.54, 1.807) is 0 Å². The Morgan fingerprint density at radius 2 is 2.10 bits per heavy atom. The predicted octanol–water partition coefficient (Wildman–Crippen LogP) is 0.397. The van der Waals surface area contributed by atoms with Crippen LogP contribution >= 0.6 is 23.2 Å². The zero-order chi connectivity index (χ0) is 15.4. The average molecular weight is 324 g/mol. The van der Waals surface area contributed by atoms with Gasteiger partial charge in [0.05, 0.1) is 13.7 Å². The van der Waals surface area contributed by atoms with E-state index in [0.717, 1.165) is 10.6 Å². The predicted molar refractivity (Wildman–Crippen MR) is 70.9 cm³/mol. The maximum atomic E-state index is 12.1. The highest BCUT2D eigenvalue weighted by Gasteiger charge is 2.29. The van der Waals surface area contributed by atoms with E-state index in [0.29, 0.717) is 0 Å². The summed E-state index contributed by atoms with van der Waals surface area (Å²) in [6, 6.07) is 1.10. The molecule has 1 aromatic heterocycles. The fraction of sp³-hybridized carbons (Fsp3) is 0.400. The summed E-state index contributed by atoms with van der Waals surface area (Å²) in [4.78, 5) is 32.0. The maximum absolute atomic E-state index is 12.1. The van der Waals surface area contributed by atoms with E-state index in [9.17, 15) is 19.7 Å². The van der Waals surface area contributed by atoms with Crippen LogP contribution in [-0.2, 0) is 11.8 Å². The Labute approximate surface area is 123 Å². The minimum atomic E-state index is -1.39. The van der Waals surface area contributed by atoms with Gasteiger partial charge in [-0.25, -0.2) is 4.57 Å². The number of amides is 1. The molecule has 1 rings (SSSR count). The lowest BCUT2D eigenvalue weighted by Gasteiger charge is -2.14. The van der Waals surface area contributed by atoms with Gasteiger partial charge in [-0.15, -0.1) is 0 Å². The largest absolute Gasteiger partial charge is 0.394 e. The molecule has 110 valence electrons. The van der Waals surface area contributed by atoms with Crippen LogP contribution in [0.15, 0.2) is 12.1 Å². The summed E-state index contributed by atoms with van der Waals surface area (Å²) in [5, 5.41) is 22.0. The normalized spacial score (nSPS) is 12.2. The SMILES string of the molecule is Cn1c(C(=O)C(CO)NC(=O)C(Cl)Cl)ccc1[N+](=O)[O-]. The van der Waals surface area contributed by atoms with Gasteiger partial charge >= 0.3 is 5.82 Å². The number of hydrogen-bond donors (Lipinski definition) is 2. The zero-order valence-electron chi connectivity index (χ0n) is 10.2. The maximum Gasteiger partial charge on any atom is 0.323 e. The van der Waals surface area contributed by atoms with E-state index in [4.69, 9.17) is 28.3 Å². The standard InChI is InChI=1S/C10H11Cl2N3O5/c1-14-6(2-3-7(14)15(19)20)8(17)5(4-16)13-10(18)9(11)12/h2-3,5,9,16H,4H2,1H3,(H,13,18). The van der Waals surface area contributed by atoms with Crippen molar-refractivity contribution in [3.05, 3.63) is 27.9 Å². The molecule has 1 unspecified atom stereocenters. The van der Waals surface area contributed by atoms with Gasteiger partial charge in [0, 0.05) is 6.07 Å². The van der Waals surface area contributed by atoms with Crippen LogP contribution in [0.4, 0.5) is 5.82 Å². The number of nitrogens with one attached hydrogen (secondary N) is 1. The Morgan fingerprint density at radius 3 is 2.50 bits per heavy atom. The molecule has 1 amide bonds. The molecule has 1 atom stereocenters. The summed E-state index contributed by atoms with van der Waals surface area (Å²) >= 11 is 10.6. The molecule has 0 saturated carbocycles. The van der Waals surface area contributed by atoms with Gasteiger partial charge in [0.25, 0.3) is 5.91 Å². The van der Waals surface area contributed by atoms with E-state index in [-0.39, 0.29) is 11.5 Å². The molecular formula is C10H11Cl2N3O5. The van der Waals surface area contributed by atoms with E-state index < -0.39 is 34.1 Å². The summed E-state index contributed by atoms with van der Waals surface area (Å²) in [6.07, 6.45) is 0. The summed E-state index contributed by atoms with van der Waals surface area (Å²) in [7, 11) is 1.33. The first-order valence-corrected chi connectivity index (χ1v) is 6.20. The number of rotatable bonds is 6. The topological polar surface area (TPSA) is 114 Å². The molecule has 1 heterocycles. The number of carbonyl (C=O) groups is 2. The third kappa shape index (κ3) is 3.47. The first kappa shape index (κ1) is 16.4. The molecule has 0 aliphatic heterocycles. The third-order valence-electron chi connectivity index (χ3n) is 2.55. The Hall–Kier alpha value is -1.64. The zero-order valence-corrected chi connectivity index (χ0v) is 11.8. The van der Waals surface area contributed by atoms with Crippen molar-refractivity contribution in [3.63, 3.8) is 0 Å². The lowest BCUT2D eigenvalue weighted by molar-refractivity contribution is -0.391. The van der Waals surface area contributed by atoms with Gasteiger partial charge in [-0.05, 0) is 11.0 Å². The third-order valence-corrected chi connectivity index (χ3v) is 2.94. The van der Waals surface area contributed by atoms with Crippen LogP contribution in [0.2, 0.25) is 0 Å². The number of nitro groups is 1. The van der Waals surface area contributed by atoms with Gasteiger partial charge in [0.2, 0.25) is 5.78 Å². The van der Waals surface area contributed by atoms with Crippen LogP contribution in [0.3, 0.4) is 0 Å². The van der Waals surface area contributed by atoms with E-state index in [2.05, 4.69) is 5.32 Å². The van der Waals surface area contributed by atoms with Crippen molar-refractivity contribution in [3.8, 4) is 0 Å². The molecule has 8 nitrogen and oxygen atoms in total. The van der Waals surface area contributed by atoms with Crippen molar-refractivity contribution in [1.29, 1.82) is 0 Å². The Bertz CT molecular complexity index is 543. The number of Topliss-reactive ketones (excluding diaryl/α,β-unsaturated/α-hetero) is 1. The summed E-state index contributed by atoms with van der Waals surface area (Å²) in [6.45, 7) is -0.690. The molecule has 10 heteroatoms. The number of aliphatic hydroxyl groups is 1. The number of nitrogens with zero attached hydrogens (tertiary/aromatic N) is 2. The van der Waals surface area contributed by atoms with Crippen LogP contribution in [0.25, 0.3) is 0 Å². The highest BCUT2D eigenvalue weighted by molar-refractivity contribution is 6.53. The van der Waals surface area contributed by atoms with E-state index >= 15 is 0 Å². The first-order valence-electron chi connectivity index (χ1n) is 5.33. The highest BCUT2D eigenvalue weighted by Crippen LogP contribution is 2.16. The van der Waals surface area contributed by atoms with E-state index in [1.165, 1.54) is 13.1 Å². The molecule has 0 radical (unpaired) electrons. The molecule has 0 aliphatic rings. The Kier molecular flexibility index (Phi) is 5.49. The quantitative estimate of drug-likeness (QED) is 0.340. The molecule has 2 N–H and O–H groups in total. The number of halogens is 2. The number of hydrogen-bond acceptors (Lipinski definition) is 5. The van der Waals surface area contributed by atoms with Gasteiger partial charge in [-0.3, -0.25) is 9.59 Å². The number of aromatic nitrogens is 1. The molecule has 20 heavy (non-hydrogen) atoms. The van der Waals surface area contributed by atoms with Crippen molar-refractivity contribution in [2.24, 2.45) is 7.05 Å². The van der Waals surface area contributed by atoms with Gasteiger partial charge in [0.15, 0.2) is 10.5 Å². The fourth-order valence-electron chi connectivity index (χ4n) is 1.54. The second-order valence-electron chi connectivity index (χ2n) is 3.80. The summed E-state index contributed by atoms with van der Waals surface area (Å²) < 4.78 is 1.05. The van der Waals surface area contributed by atoms with Gasteiger partial charge in [-0.2, -0.15) is 0 Å². The van der Waals surface area contributed by atoms with Crippen LogP contribution in [0.1, 0.15) is 10.5 Å². The highest BCUT2D eigenvalue weighted by atomic mass is 35.5. The molecule has 0 bridgehead atoms. The van der Waals surface area contributed by atoms with Crippen molar-refractivity contribution in [2.45, 2.75) is 10.9 Å². The molecule has 0 saturated heterocycles. The minimum absolute atomic E-state index is 0.0308. The van der Waals surface area contributed by atoms with Gasteiger partial charge < -0.3 is 20.5 Å². The van der Waals surface area contributed by atoms with Crippen molar-refractivity contribution in [2.75, 3.05) is 6.61 Å². The lowest BCUT2D eigenvalue weighted by Crippen LogP contribution is -2.45. The minimum Gasteiger partial charge on any atom is -0.394 e. The number of alkyl halides is 2. The Balaban J connectivity index is 2.97. The number of ketones is 1. The fourth-order valence-corrected chi connectivity index (χ4v) is 1.66. The molecule has 0 fully saturated rings. The number of carbonyl (C=O) groups excluding carboxylic acids is 2. The smallest absolute Gasteiger partial charge is 0.323 e. The second-order valence-corrected chi connectivity index (χ2v) is 4.90. The average Bonchev–Trinajstić information content (AvgIpc) is 2.76. The molecule has 0 aliphatic carbocycles. The lowest BCUT2D eigenvalue weighted by atomic mass is 10.1. The monoisotopic (exact) mass is 323 g/mol. The molecule has 0 aromatic carbocycles. The van der Waals surface area contributed by atoms with Crippen LogP contribution in [0.5, 0.6) is 0 Å². The van der Waals surface area contributed by atoms with Crippen molar-refractivity contribution in [1.82, 2.24) is 9.88 Å². The van der Waals surface area contributed by atoms with Crippen LogP contribution in [0, 0.1) is 10.1 Å². The van der Waals surface area contributed by atoms with Crippen LogP contribution in [-0.4, -0.2) is 43.8 Å². The van der Waals surface area contributed by atoms with Crippen molar-refractivity contribution < 1.29 is 19.6 Å². The summed E-state index contributed by atoms with van der Waals surface area (Å²) in [5.74, 6) is -1.82. The molecule has 0 spiro atoms. The van der Waals surface area contributed by atoms with E-state index in [1.807, 2.05) is 0 Å². The van der Waals surface area contributed by atoms with Crippen LogP contribution < -0.4 is 5.32 Å². The van der Waals surface area contributed by atoms with Crippen molar-refractivity contribution >= 4 is 40.7 Å². The number of aliphatic hydroxyl groups excluding tert-OH is 1.